The third-order valence-corrected chi connectivity index (χ3v) is 4.16. The van der Waals surface area contributed by atoms with Crippen LogP contribution in [0.3, 0.4) is 0 Å². The molecule has 0 radical (unpaired) electrons. The van der Waals surface area contributed by atoms with E-state index < -0.39 is 0 Å². The predicted octanol–water partition coefficient (Wildman–Crippen LogP) is 1.54. The number of hydrogen-bond donors (Lipinski definition) is 1. The summed E-state index contributed by atoms with van der Waals surface area (Å²) in [6, 6.07) is 1.50. The topological polar surface area (TPSA) is 18.5 Å². The molecule has 2 atom stereocenters. The summed E-state index contributed by atoms with van der Waals surface area (Å²) in [5, 5.41) is 3.60. The second kappa shape index (κ2) is 6.72. The fourth-order valence-electron chi connectivity index (χ4n) is 3.29. The summed E-state index contributed by atoms with van der Waals surface area (Å²) in [6.07, 6.45) is 5.44. The van der Waals surface area contributed by atoms with E-state index in [1.165, 1.54) is 58.4 Å². The zero-order valence-corrected chi connectivity index (χ0v) is 11.6. The highest BCUT2D eigenvalue weighted by Crippen LogP contribution is 2.21. The molecule has 0 aliphatic carbocycles. The Hall–Kier alpha value is -0.120. The number of rotatable bonds is 5. The van der Waals surface area contributed by atoms with Crippen LogP contribution in [0, 0.1) is 0 Å². The van der Waals surface area contributed by atoms with E-state index in [2.05, 4.69) is 29.0 Å². The number of nitrogens with zero attached hydrogens (tertiary/aromatic N) is 2. The van der Waals surface area contributed by atoms with Crippen molar-refractivity contribution in [2.75, 3.05) is 39.3 Å². The van der Waals surface area contributed by atoms with Gasteiger partial charge in [0.05, 0.1) is 0 Å². The third-order valence-electron chi connectivity index (χ3n) is 4.16. The van der Waals surface area contributed by atoms with Gasteiger partial charge in [0.2, 0.25) is 0 Å². The van der Waals surface area contributed by atoms with Crippen LogP contribution in [0.25, 0.3) is 0 Å². The normalized spacial score (nSPS) is 28.9. The summed E-state index contributed by atoms with van der Waals surface area (Å²) in [5.41, 5.74) is 0. The molecule has 17 heavy (non-hydrogen) atoms. The van der Waals surface area contributed by atoms with Crippen LogP contribution in [0.5, 0.6) is 0 Å². The van der Waals surface area contributed by atoms with E-state index >= 15 is 0 Å². The maximum Gasteiger partial charge on any atom is 0.0223 e. The van der Waals surface area contributed by atoms with Gasteiger partial charge in [0, 0.05) is 25.2 Å². The number of hydrogen-bond acceptors (Lipinski definition) is 3. The third kappa shape index (κ3) is 3.94. The monoisotopic (exact) mass is 239 g/mol. The highest BCUT2D eigenvalue weighted by Gasteiger charge is 2.28. The minimum Gasteiger partial charge on any atom is -0.313 e. The number of nitrogens with one attached hydrogen (secondary N) is 1. The van der Waals surface area contributed by atoms with Gasteiger partial charge in [-0.05, 0) is 58.8 Å². The Labute approximate surface area is 107 Å². The Morgan fingerprint density at radius 1 is 1.24 bits per heavy atom. The molecule has 0 amide bonds. The predicted molar refractivity (Wildman–Crippen MR) is 73.4 cm³/mol. The lowest BCUT2D eigenvalue weighted by Crippen LogP contribution is -2.43. The Bertz CT molecular complexity index is 220. The summed E-state index contributed by atoms with van der Waals surface area (Å²) >= 11 is 0. The van der Waals surface area contributed by atoms with Crippen molar-refractivity contribution in [3.63, 3.8) is 0 Å². The molecule has 2 aliphatic rings. The highest BCUT2D eigenvalue weighted by molar-refractivity contribution is 4.85. The molecule has 2 unspecified atom stereocenters. The second-order valence-electron chi connectivity index (χ2n) is 5.80. The molecule has 0 saturated carbocycles. The first-order chi connectivity index (χ1) is 8.29. The van der Waals surface area contributed by atoms with Crippen molar-refractivity contribution in [1.29, 1.82) is 0 Å². The fourth-order valence-corrected chi connectivity index (χ4v) is 3.29. The molecular weight excluding hydrogens is 210 g/mol. The smallest absolute Gasteiger partial charge is 0.0223 e. The Balaban J connectivity index is 1.76. The van der Waals surface area contributed by atoms with Gasteiger partial charge in [-0.15, -0.1) is 0 Å². The summed E-state index contributed by atoms with van der Waals surface area (Å²) in [6.45, 7) is 12.2. The fraction of sp³-hybridized carbons (Fsp3) is 1.00. The maximum atomic E-state index is 3.60. The molecule has 2 aliphatic heterocycles. The molecule has 0 aromatic carbocycles. The van der Waals surface area contributed by atoms with Gasteiger partial charge in [0.25, 0.3) is 0 Å². The molecule has 100 valence electrons. The molecule has 1 N–H and O–H groups in total. The van der Waals surface area contributed by atoms with Crippen molar-refractivity contribution in [3.8, 4) is 0 Å². The van der Waals surface area contributed by atoms with Crippen molar-refractivity contribution in [2.24, 2.45) is 0 Å². The molecule has 2 rings (SSSR count). The van der Waals surface area contributed by atoms with Crippen LogP contribution >= 0.6 is 0 Å². The molecule has 2 saturated heterocycles. The second-order valence-corrected chi connectivity index (χ2v) is 5.80. The summed E-state index contributed by atoms with van der Waals surface area (Å²) < 4.78 is 0. The average molecular weight is 239 g/mol. The Morgan fingerprint density at radius 3 is 2.88 bits per heavy atom. The van der Waals surface area contributed by atoms with Crippen LogP contribution in [0.15, 0.2) is 0 Å². The highest BCUT2D eigenvalue weighted by atomic mass is 15.3. The van der Waals surface area contributed by atoms with Gasteiger partial charge < -0.3 is 10.2 Å². The average Bonchev–Trinajstić information content (AvgIpc) is 2.66. The van der Waals surface area contributed by atoms with Crippen LogP contribution in [0.4, 0.5) is 0 Å². The number of fused-ring (bicyclic) bond motifs is 1. The van der Waals surface area contributed by atoms with Crippen LogP contribution in [-0.4, -0.2) is 61.2 Å². The first-order valence-electron chi connectivity index (χ1n) is 7.49. The lowest BCUT2D eigenvalue weighted by Gasteiger charge is -2.28. The van der Waals surface area contributed by atoms with Crippen LogP contribution in [-0.2, 0) is 0 Å². The molecule has 2 heterocycles. The van der Waals surface area contributed by atoms with Gasteiger partial charge in [0.15, 0.2) is 0 Å². The van der Waals surface area contributed by atoms with Crippen LogP contribution < -0.4 is 5.32 Å². The van der Waals surface area contributed by atoms with E-state index in [-0.39, 0.29) is 0 Å². The zero-order chi connectivity index (χ0) is 12.1. The Kier molecular flexibility index (Phi) is 5.26. The first-order valence-corrected chi connectivity index (χ1v) is 7.49. The molecule has 0 spiro atoms. The van der Waals surface area contributed by atoms with Gasteiger partial charge in [-0.3, -0.25) is 4.90 Å². The van der Waals surface area contributed by atoms with E-state index in [1.807, 2.05) is 0 Å². The van der Waals surface area contributed by atoms with Crippen LogP contribution in [0.1, 0.15) is 39.5 Å². The van der Waals surface area contributed by atoms with Gasteiger partial charge in [-0.2, -0.15) is 0 Å². The van der Waals surface area contributed by atoms with E-state index in [4.69, 9.17) is 0 Å². The van der Waals surface area contributed by atoms with Crippen molar-refractivity contribution in [2.45, 2.75) is 51.6 Å². The van der Waals surface area contributed by atoms with E-state index in [0.29, 0.717) is 6.04 Å². The van der Waals surface area contributed by atoms with Gasteiger partial charge in [0.1, 0.15) is 0 Å². The molecule has 0 aromatic rings. The summed E-state index contributed by atoms with van der Waals surface area (Å²) in [7, 11) is 0. The first kappa shape index (κ1) is 13.3. The van der Waals surface area contributed by atoms with Crippen molar-refractivity contribution in [3.05, 3.63) is 0 Å². The molecule has 0 bridgehead atoms. The lowest BCUT2D eigenvalue weighted by atomic mass is 10.2. The molecule has 2 fully saturated rings. The zero-order valence-electron chi connectivity index (χ0n) is 11.6. The van der Waals surface area contributed by atoms with E-state index in [0.717, 1.165) is 12.6 Å². The van der Waals surface area contributed by atoms with Crippen molar-refractivity contribution < 1.29 is 0 Å². The van der Waals surface area contributed by atoms with Gasteiger partial charge in [-0.1, -0.05) is 6.92 Å². The molecular formula is C14H29N3. The Morgan fingerprint density at radius 2 is 2.06 bits per heavy atom. The molecule has 3 heteroatoms. The largest absolute Gasteiger partial charge is 0.313 e. The van der Waals surface area contributed by atoms with Crippen molar-refractivity contribution >= 4 is 0 Å². The van der Waals surface area contributed by atoms with Crippen LogP contribution in [0.2, 0.25) is 0 Å². The lowest BCUT2D eigenvalue weighted by molar-refractivity contribution is 0.208. The van der Waals surface area contributed by atoms with Crippen molar-refractivity contribution in [1.82, 2.24) is 15.1 Å². The standard InChI is InChI=1S/C14H29N3/c1-3-7-15-13(2)11-16-8-5-10-17-9-4-6-14(17)12-16/h13-15H,3-12H2,1-2H3. The van der Waals surface area contributed by atoms with Gasteiger partial charge >= 0.3 is 0 Å². The molecule has 3 nitrogen and oxygen atoms in total. The summed E-state index contributed by atoms with van der Waals surface area (Å²) in [4.78, 5) is 5.40. The SMILES string of the molecule is CCCNC(C)CN1CCCN2CCCC2C1. The minimum atomic E-state index is 0.642. The quantitative estimate of drug-likeness (QED) is 0.785. The van der Waals surface area contributed by atoms with Gasteiger partial charge in [-0.25, -0.2) is 0 Å². The maximum absolute atomic E-state index is 3.60. The van der Waals surface area contributed by atoms with E-state index in [1.54, 1.807) is 0 Å². The minimum absolute atomic E-state index is 0.642. The molecule has 0 aromatic heterocycles. The van der Waals surface area contributed by atoms with E-state index in [9.17, 15) is 0 Å². The summed E-state index contributed by atoms with van der Waals surface area (Å²) in [5.74, 6) is 0.